The maximum atomic E-state index is 12.3. The fraction of sp³-hybridized carbons (Fsp3) is 0.375. The summed E-state index contributed by atoms with van der Waals surface area (Å²) in [5.41, 5.74) is 2.35. The van der Waals surface area contributed by atoms with E-state index >= 15 is 0 Å². The zero-order valence-electron chi connectivity index (χ0n) is 19.1. The molecular formula is C32H26FeO2. The number of rotatable bonds is 4. The third-order valence-corrected chi connectivity index (χ3v) is 63.3. The molecule has 10 atom stereocenters. The van der Waals surface area contributed by atoms with Crippen LogP contribution < -0.4 is 0 Å². The van der Waals surface area contributed by atoms with Crippen LogP contribution in [0.25, 0.3) is 21.5 Å². The second-order valence-electron chi connectivity index (χ2n) is 15.9. The monoisotopic (exact) mass is 498 g/mol. The molecule has 2 N–H and O–H groups in total. The molecule has 1 spiro atoms. The van der Waals surface area contributed by atoms with Crippen LogP contribution in [0.15, 0.2) is 84.9 Å². The first-order valence-corrected chi connectivity index (χ1v) is 19.6. The van der Waals surface area contributed by atoms with Crippen molar-refractivity contribution in [1.29, 1.82) is 0 Å². The van der Waals surface area contributed by atoms with Crippen LogP contribution in [0.1, 0.15) is 23.3 Å². The molecule has 35 heavy (non-hydrogen) atoms. The standard InChI is InChI=1S/2C16H13O.Fe/c2*17-16(13-6-2-3-7-13)15-10-9-12-5-1-4-8-14(12)11-15;/h2*1-11,16-17H;. The number of fused-ring (bicyclic) bond motifs is 12. The Hall–Kier alpha value is -2.16. The molecule has 10 unspecified atom stereocenters. The number of benzene rings is 4. The number of aliphatic hydroxyl groups excluding tert-OH is 2. The molecule has 10 aliphatic rings. The van der Waals surface area contributed by atoms with Gasteiger partial charge in [0.15, 0.2) is 0 Å². The van der Waals surface area contributed by atoms with E-state index < -0.39 is 6.51 Å². The first-order valence-electron chi connectivity index (χ1n) is 13.4. The van der Waals surface area contributed by atoms with Crippen molar-refractivity contribution in [3.63, 3.8) is 0 Å². The van der Waals surface area contributed by atoms with Crippen LogP contribution in [0.2, 0.25) is 47.2 Å². The summed E-state index contributed by atoms with van der Waals surface area (Å²) in [7, 11) is 0. The predicted molar refractivity (Wildman–Crippen MR) is 133 cm³/mol. The van der Waals surface area contributed by atoms with Crippen LogP contribution >= 0.6 is 0 Å². The Morgan fingerprint density at radius 2 is 0.886 bits per heavy atom. The zero-order valence-corrected chi connectivity index (χ0v) is 20.2. The van der Waals surface area contributed by atoms with Crippen molar-refractivity contribution < 1.29 is 16.7 Å². The van der Waals surface area contributed by atoms with Gasteiger partial charge in [0.25, 0.3) is 0 Å². The summed E-state index contributed by atoms with van der Waals surface area (Å²) in [6.45, 7) is -4.07. The summed E-state index contributed by atoms with van der Waals surface area (Å²) in [5.74, 6) is 0. The van der Waals surface area contributed by atoms with E-state index in [9.17, 15) is 10.2 Å². The molecule has 0 aromatic heterocycles. The number of hydrogen-bond acceptors (Lipinski definition) is 2. The van der Waals surface area contributed by atoms with Crippen LogP contribution in [0.4, 0.5) is 0 Å². The Kier molecular flexibility index (Phi) is 1.00. The fourth-order valence-corrected chi connectivity index (χ4v) is 98.8. The van der Waals surface area contributed by atoms with Crippen molar-refractivity contribution >= 4 is 21.5 Å². The third-order valence-electron chi connectivity index (χ3n) is 20.0. The van der Waals surface area contributed by atoms with Gasteiger partial charge >= 0.3 is 194 Å². The van der Waals surface area contributed by atoms with Gasteiger partial charge < -0.3 is 0 Å². The molecule has 2 nitrogen and oxygen atoms in total. The molecule has 10 aliphatic heterocycles. The van der Waals surface area contributed by atoms with Crippen LogP contribution in [0, 0.1) is 0 Å². The topological polar surface area (TPSA) is 40.5 Å². The Labute approximate surface area is 193 Å². The average Bonchev–Trinajstić information content (AvgIpc) is 3.85. The van der Waals surface area contributed by atoms with Crippen molar-refractivity contribution in [3.8, 4) is 0 Å². The molecule has 0 bridgehead atoms. The molecular weight excluding hydrogens is 472 g/mol. The third kappa shape index (κ3) is 0.352. The summed E-state index contributed by atoms with van der Waals surface area (Å²) in [4.78, 5) is 7.60. The van der Waals surface area contributed by atoms with E-state index in [0.717, 1.165) is 38.5 Å². The van der Waals surface area contributed by atoms with Gasteiger partial charge in [-0.3, -0.25) is 0 Å². The quantitative estimate of drug-likeness (QED) is 0.281. The predicted octanol–water partition coefficient (Wildman–Crippen LogP) is 7.89. The molecule has 14 rings (SSSR count). The molecule has 10 saturated heterocycles. The van der Waals surface area contributed by atoms with E-state index in [1.165, 1.54) is 32.7 Å². The Morgan fingerprint density at radius 1 is 0.514 bits per heavy atom. The van der Waals surface area contributed by atoms with E-state index in [1.807, 2.05) is 0 Å². The second-order valence-corrected chi connectivity index (χ2v) is 39.2. The summed E-state index contributed by atoms with van der Waals surface area (Å²) < 4.78 is 0.517. The van der Waals surface area contributed by atoms with Gasteiger partial charge in [-0.1, -0.05) is 0 Å². The van der Waals surface area contributed by atoms with Crippen LogP contribution in [-0.2, 0) is 6.51 Å². The molecule has 10 heterocycles. The zero-order chi connectivity index (χ0) is 22.5. The average molecular weight is 498 g/mol. The van der Waals surface area contributed by atoms with Gasteiger partial charge in [-0.25, -0.2) is 0 Å². The normalized spacial score (nSPS) is 68.1. The molecule has 0 saturated carbocycles. The Morgan fingerprint density at radius 3 is 1.26 bits per heavy atom. The fourth-order valence-electron chi connectivity index (χ4n) is 21.7. The van der Waals surface area contributed by atoms with Crippen LogP contribution in [-0.4, -0.2) is 10.2 Å². The van der Waals surface area contributed by atoms with Crippen molar-refractivity contribution in [2.75, 3.05) is 0 Å². The van der Waals surface area contributed by atoms with Gasteiger partial charge in [0, 0.05) is 0 Å². The number of hydrogen-bond donors (Lipinski definition) is 2. The van der Waals surface area contributed by atoms with Crippen LogP contribution in [0.5, 0.6) is 0 Å². The van der Waals surface area contributed by atoms with E-state index in [4.69, 9.17) is 0 Å². The Balaban J connectivity index is 1.02. The summed E-state index contributed by atoms with van der Waals surface area (Å²) in [5, 5.41) is 29.7. The molecule has 4 aromatic rings. The second kappa shape index (κ2) is 2.22. The first-order chi connectivity index (χ1) is 16.9. The number of aliphatic hydroxyl groups is 2. The van der Waals surface area contributed by atoms with Gasteiger partial charge in [0.2, 0.25) is 0 Å². The van der Waals surface area contributed by atoms with Crippen molar-refractivity contribution in [3.05, 3.63) is 96.1 Å². The summed E-state index contributed by atoms with van der Waals surface area (Å²) in [6, 6.07) is 30.6. The molecule has 10 fully saturated rings. The van der Waals surface area contributed by atoms with Crippen LogP contribution in [0.3, 0.4) is 0 Å². The van der Waals surface area contributed by atoms with Crippen molar-refractivity contribution in [2.45, 2.75) is 59.4 Å². The molecule has 174 valence electrons. The molecule has 4 aromatic carbocycles. The van der Waals surface area contributed by atoms with Gasteiger partial charge in [-0.15, -0.1) is 0 Å². The molecule has 0 amide bonds. The first kappa shape index (κ1) is 15.8. The van der Waals surface area contributed by atoms with Crippen molar-refractivity contribution in [2.24, 2.45) is 0 Å². The Bertz CT molecular complexity index is 2080. The van der Waals surface area contributed by atoms with Gasteiger partial charge in [-0.2, -0.15) is 0 Å². The minimum atomic E-state index is -4.07. The van der Waals surface area contributed by atoms with Crippen molar-refractivity contribution in [1.82, 2.24) is 0 Å². The SMILES string of the molecule is OC(c1ccc2ccccc2c1)[C]12[CH]3[CH]4[CH]5[CH]1[Fe]45321678[CH]2[CH]1[CH]6[C]7(C(O)c1ccc3ccccc3c1)[CH]28. The summed E-state index contributed by atoms with van der Waals surface area (Å²) in [6.07, 6.45) is -0.580. The maximum absolute atomic E-state index is 12.3. The van der Waals surface area contributed by atoms with E-state index in [1.54, 1.807) is 0 Å². The van der Waals surface area contributed by atoms with E-state index in [2.05, 4.69) is 84.9 Å². The molecule has 0 radical (unpaired) electrons. The molecule has 3 heteroatoms. The molecule has 0 aliphatic carbocycles. The van der Waals surface area contributed by atoms with Gasteiger partial charge in [0.1, 0.15) is 0 Å². The van der Waals surface area contributed by atoms with Gasteiger partial charge in [0.05, 0.1) is 0 Å². The van der Waals surface area contributed by atoms with E-state index in [-0.39, 0.29) is 20.8 Å². The van der Waals surface area contributed by atoms with E-state index in [0.29, 0.717) is 0 Å². The minimum absolute atomic E-state index is 0.259. The van der Waals surface area contributed by atoms with Gasteiger partial charge in [-0.05, 0) is 0 Å². The summed E-state index contributed by atoms with van der Waals surface area (Å²) >= 11 is 0.